The number of rotatable bonds is 8. The first-order valence-electron chi connectivity index (χ1n) is 18.9. The highest BCUT2D eigenvalue weighted by Gasteiger charge is 2.14. The van der Waals surface area contributed by atoms with Gasteiger partial charge in [-0.15, -0.1) is 0 Å². The number of aromatic nitrogens is 4. The van der Waals surface area contributed by atoms with E-state index in [1.54, 1.807) is 0 Å². The molecule has 6 aromatic carbocycles. The second-order valence-corrected chi connectivity index (χ2v) is 13.7. The number of hydrogen-bond acceptors (Lipinski definition) is 4. The van der Waals surface area contributed by atoms with Crippen molar-refractivity contribution >= 4 is 22.1 Å². The van der Waals surface area contributed by atoms with Gasteiger partial charge in [0.25, 0.3) is 0 Å². The van der Waals surface area contributed by atoms with Gasteiger partial charge >= 0.3 is 0 Å². The summed E-state index contributed by atoms with van der Waals surface area (Å²) in [4.78, 5) is 15.9. The molecule has 0 saturated carbocycles. The second kappa shape index (κ2) is 16.0. The van der Waals surface area contributed by atoms with Gasteiger partial charge < -0.3 is 19.4 Å². The van der Waals surface area contributed by atoms with E-state index in [0.29, 0.717) is 0 Å². The van der Waals surface area contributed by atoms with E-state index in [0.717, 1.165) is 78.4 Å². The molecule has 0 aliphatic rings. The Morgan fingerprint density at radius 1 is 0.386 bits per heavy atom. The van der Waals surface area contributed by atoms with Crippen LogP contribution < -0.4 is 9.47 Å². The summed E-state index contributed by atoms with van der Waals surface area (Å²) in [7, 11) is 0. The molecule has 274 valence electrons. The third-order valence-electron chi connectivity index (χ3n) is 9.81. The fourth-order valence-electron chi connectivity index (χ4n) is 7.03. The number of para-hydroxylation sites is 4. The van der Waals surface area contributed by atoms with Gasteiger partial charge in [0, 0.05) is 68.9 Å². The Kier molecular flexibility index (Phi) is 9.80. The molecule has 0 bridgehead atoms. The van der Waals surface area contributed by atoms with Crippen LogP contribution in [0.4, 0.5) is 0 Å². The monoisotopic (exact) mass is 738 g/mol. The molecule has 10 aromatic rings. The Morgan fingerprint density at radius 3 is 1.33 bits per heavy atom. The summed E-state index contributed by atoms with van der Waals surface area (Å²) in [5.41, 5.74) is 11.7. The third kappa shape index (κ3) is 7.66. The summed E-state index contributed by atoms with van der Waals surface area (Å²) in [6, 6.07) is 59.0. The van der Waals surface area contributed by atoms with E-state index < -0.39 is 0 Å². The minimum Gasteiger partial charge on any atom is -0.457 e. The van der Waals surface area contributed by atoms with Crippen LogP contribution in [0.1, 0.15) is 5.56 Å². The van der Waals surface area contributed by atoms with Gasteiger partial charge in [0.05, 0.1) is 0 Å². The molecule has 6 nitrogen and oxygen atoms in total. The molecule has 4 heterocycles. The maximum atomic E-state index is 6.15. The molecule has 0 radical (unpaired) electrons. The van der Waals surface area contributed by atoms with E-state index in [1.165, 1.54) is 16.7 Å². The molecule has 0 unspecified atom stereocenters. The Balaban J connectivity index is 0.000000148. The lowest BCUT2D eigenvalue weighted by Gasteiger charge is -2.11. The zero-order valence-electron chi connectivity index (χ0n) is 31.3. The molecule has 2 N–H and O–H groups in total. The Hall–Kier alpha value is -7.70. The fourth-order valence-corrected chi connectivity index (χ4v) is 7.03. The summed E-state index contributed by atoms with van der Waals surface area (Å²) < 4.78 is 12.3. The number of ether oxygens (including phenoxy) is 2. The van der Waals surface area contributed by atoms with Gasteiger partial charge in [-0.25, -0.2) is 9.97 Å². The Bertz CT molecular complexity index is 2920. The van der Waals surface area contributed by atoms with Crippen molar-refractivity contribution < 1.29 is 9.47 Å². The van der Waals surface area contributed by atoms with Crippen LogP contribution in [0.15, 0.2) is 201 Å². The summed E-state index contributed by atoms with van der Waals surface area (Å²) in [6.45, 7) is 2.11. The average Bonchev–Trinajstić information content (AvgIpc) is 3.90. The van der Waals surface area contributed by atoms with E-state index in [4.69, 9.17) is 9.47 Å². The predicted octanol–water partition coefficient (Wildman–Crippen LogP) is 13.7. The van der Waals surface area contributed by atoms with E-state index in [1.807, 2.05) is 128 Å². The minimum atomic E-state index is 0.812. The molecule has 57 heavy (non-hydrogen) atoms. The molecule has 0 saturated heterocycles. The van der Waals surface area contributed by atoms with Crippen LogP contribution in [0.5, 0.6) is 23.0 Å². The molecule has 0 fully saturated rings. The van der Waals surface area contributed by atoms with Crippen molar-refractivity contribution in [2.75, 3.05) is 0 Å². The van der Waals surface area contributed by atoms with Crippen molar-refractivity contribution in [2.45, 2.75) is 6.92 Å². The molecule has 0 amide bonds. The topological polar surface area (TPSA) is 75.8 Å². The average molecular weight is 739 g/mol. The number of aryl methyl sites for hydroxylation is 1. The number of aromatic amines is 2. The molecule has 10 rings (SSSR count). The van der Waals surface area contributed by atoms with Gasteiger partial charge in [-0.3, -0.25) is 0 Å². The number of fused-ring (bicyclic) bond motifs is 2. The minimum absolute atomic E-state index is 0.812. The largest absolute Gasteiger partial charge is 0.457 e. The van der Waals surface area contributed by atoms with E-state index in [9.17, 15) is 0 Å². The SMILES string of the molecule is Cc1cccc(-c2c[nH]c3ncc(-c4ccccc4Oc4ccccc4)cc23)c1.c1ccc(Oc2ccccc2-c2cnc3[nH]cc(-c4ccccc4)c3c2)cc1. The van der Waals surface area contributed by atoms with Gasteiger partial charge in [0.2, 0.25) is 0 Å². The zero-order chi connectivity index (χ0) is 38.4. The summed E-state index contributed by atoms with van der Waals surface area (Å²) >= 11 is 0. The number of hydrogen-bond donors (Lipinski definition) is 2. The lowest BCUT2D eigenvalue weighted by Crippen LogP contribution is -1.89. The lowest BCUT2D eigenvalue weighted by atomic mass is 10.0. The number of H-pyrrole nitrogens is 2. The van der Waals surface area contributed by atoms with Crippen LogP contribution in [-0.2, 0) is 0 Å². The van der Waals surface area contributed by atoms with Crippen LogP contribution in [0.3, 0.4) is 0 Å². The molecular weight excluding hydrogens is 701 g/mol. The van der Waals surface area contributed by atoms with Crippen molar-refractivity contribution in [3.63, 3.8) is 0 Å². The fraction of sp³-hybridized carbons (Fsp3) is 0.0196. The summed E-state index contributed by atoms with van der Waals surface area (Å²) in [5.74, 6) is 3.26. The highest BCUT2D eigenvalue weighted by Crippen LogP contribution is 2.38. The maximum Gasteiger partial charge on any atom is 0.137 e. The number of nitrogens with one attached hydrogen (secondary N) is 2. The molecule has 0 spiro atoms. The van der Waals surface area contributed by atoms with Crippen molar-refractivity contribution in [3.8, 4) is 67.5 Å². The second-order valence-electron chi connectivity index (χ2n) is 13.7. The van der Waals surface area contributed by atoms with E-state index in [-0.39, 0.29) is 0 Å². The van der Waals surface area contributed by atoms with Crippen LogP contribution >= 0.6 is 0 Å². The van der Waals surface area contributed by atoms with Crippen LogP contribution in [0, 0.1) is 6.92 Å². The quantitative estimate of drug-likeness (QED) is 0.163. The number of benzene rings is 6. The number of pyridine rings is 2. The highest BCUT2D eigenvalue weighted by atomic mass is 16.5. The first-order valence-corrected chi connectivity index (χ1v) is 18.9. The van der Waals surface area contributed by atoms with Gasteiger partial charge in [-0.2, -0.15) is 0 Å². The standard InChI is InChI=1S/C26H20N2O.C25H18N2O/c1-18-8-7-9-19(14-18)24-17-28-26-23(24)15-20(16-27-26)22-12-5-6-13-25(22)29-21-10-3-2-4-11-21;1-3-9-18(10-4-1)23-17-27-25-22(23)15-19(16-26-25)21-13-7-8-14-24(21)28-20-11-5-2-6-12-20/h2-17H,1H3,(H,27,28);1-17H,(H,26,27). The zero-order valence-corrected chi connectivity index (χ0v) is 31.3. The Morgan fingerprint density at radius 2 is 0.825 bits per heavy atom. The molecular formula is C51H38N4O2. The van der Waals surface area contributed by atoms with Gasteiger partial charge in [0.15, 0.2) is 0 Å². The first-order chi connectivity index (χ1) is 28.2. The van der Waals surface area contributed by atoms with Crippen molar-refractivity contribution in [3.05, 3.63) is 206 Å². The van der Waals surface area contributed by atoms with Crippen LogP contribution in [0.25, 0.3) is 66.6 Å². The van der Waals surface area contributed by atoms with Crippen molar-refractivity contribution in [2.24, 2.45) is 0 Å². The van der Waals surface area contributed by atoms with Crippen LogP contribution in [-0.4, -0.2) is 19.9 Å². The molecule has 0 atom stereocenters. The van der Waals surface area contributed by atoms with Crippen LogP contribution in [0.2, 0.25) is 0 Å². The molecule has 6 heteroatoms. The summed E-state index contributed by atoms with van der Waals surface area (Å²) in [5, 5.41) is 2.20. The smallest absolute Gasteiger partial charge is 0.137 e. The van der Waals surface area contributed by atoms with Crippen molar-refractivity contribution in [1.82, 2.24) is 19.9 Å². The van der Waals surface area contributed by atoms with E-state index >= 15 is 0 Å². The first kappa shape index (κ1) is 35.0. The van der Waals surface area contributed by atoms with Crippen molar-refractivity contribution in [1.29, 1.82) is 0 Å². The Labute approximate surface area is 331 Å². The summed E-state index contributed by atoms with van der Waals surface area (Å²) in [6.07, 6.45) is 7.83. The van der Waals surface area contributed by atoms with E-state index in [2.05, 4.69) is 99.7 Å². The molecule has 0 aliphatic carbocycles. The third-order valence-corrected chi connectivity index (χ3v) is 9.81. The molecule has 4 aromatic heterocycles. The molecule has 0 aliphatic heterocycles. The predicted molar refractivity (Wildman–Crippen MR) is 232 cm³/mol. The van der Waals surface area contributed by atoms with Gasteiger partial charge in [-0.1, -0.05) is 133 Å². The highest BCUT2D eigenvalue weighted by molar-refractivity contribution is 5.97. The van der Waals surface area contributed by atoms with Gasteiger partial charge in [-0.05, 0) is 66.6 Å². The van der Waals surface area contributed by atoms with Gasteiger partial charge in [0.1, 0.15) is 34.3 Å². The maximum absolute atomic E-state index is 6.15. The normalized spacial score (nSPS) is 10.9. The number of nitrogens with zero attached hydrogens (tertiary/aromatic N) is 2. The lowest BCUT2D eigenvalue weighted by molar-refractivity contribution is 0.484.